The summed E-state index contributed by atoms with van der Waals surface area (Å²) in [6.07, 6.45) is 0.120. The molecule has 1 N–H and O–H groups in total. The highest BCUT2D eigenvalue weighted by molar-refractivity contribution is 7.99. The van der Waals surface area contributed by atoms with Crippen LogP contribution in [-0.4, -0.2) is 25.5 Å². The summed E-state index contributed by atoms with van der Waals surface area (Å²) >= 11 is 1.36. The molecule has 0 saturated heterocycles. The minimum Gasteiger partial charge on any atom is -0.469 e. The maximum absolute atomic E-state index is 12.3. The summed E-state index contributed by atoms with van der Waals surface area (Å²) in [5.74, 6) is -0.641. The number of ether oxygens (including phenoxy) is 1. The van der Waals surface area contributed by atoms with Crippen molar-refractivity contribution in [2.75, 3.05) is 13.7 Å². The summed E-state index contributed by atoms with van der Waals surface area (Å²) < 4.78 is 4.54. The molecule has 5 nitrogen and oxygen atoms in total. The second kappa shape index (κ2) is 8.75. The molecular formula is C18H16N2O3S. The molecule has 0 aromatic heterocycles. The van der Waals surface area contributed by atoms with Crippen LogP contribution in [0.5, 0.6) is 0 Å². The molecule has 0 aliphatic heterocycles. The zero-order valence-corrected chi connectivity index (χ0v) is 13.9. The molecule has 0 aliphatic carbocycles. The standard InChI is InChI=1S/C18H16N2O3S/c1-23-17(21)10-11-20-18(22)14-7-3-5-9-16(14)24-15-8-4-2-6-13(15)12-19/h2-9H,10-11H2,1H3,(H,20,22). The molecule has 0 heterocycles. The van der Waals surface area contributed by atoms with Gasteiger partial charge in [-0.25, -0.2) is 0 Å². The van der Waals surface area contributed by atoms with Crippen molar-refractivity contribution in [2.45, 2.75) is 16.2 Å². The third kappa shape index (κ3) is 4.61. The molecule has 0 radical (unpaired) electrons. The Balaban J connectivity index is 2.14. The van der Waals surface area contributed by atoms with E-state index < -0.39 is 0 Å². The van der Waals surface area contributed by atoms with E-state index in [1.807, 2.05) is 24.3 Å². The van der Waals surface area contributed by atoms with Gasteiger partial charge in [-0.1, -0.05) is 36.0 Å². The zero-order valence-electron chi connectivity index (χ0n) is 13.1. The Morgan fingerprint density at radius 3 is 2.50 bits per heavy atom. The van der Waals surface area contributed by atoms with E-state index >= 15 is 0 Å². The van der Waals surface area contributed by atoms with Gasteiger partial charge in [0.15, 0.2) is 0 Å². The van der Waals surface area contributed by atoms with Crippen molar-refractivity contribution in [3.8, 4) is 6.07 Å². The largest absolute Gasteiger partial charge is 0.469 e. The quantitative estimate of drug-likeness (QED) is 0.818. The average Bonchev–Trinajstić information content (AvgIpc) is 2.62. The van der Waals surface area contributed by atoms with E-state index in [2.05, 4.69) is 16.1 Å². The van der Waals surface area contributed by atoms with E-state index in [-0.39, 0.29) is 24.8 Å². The van der Waals surface area contributed by atoms with Crippen LogP contribution in [0.25, 0.3) is 0 Å². The number of carbonyl (C=O) groups is 2. The molecule has 0 aliphatic rings. The van der Waals surface area contributed by atoms with Crippen LogP contribution in [0.4, 0.5) is 0 Å². The molecule has 2 aromatic carbocycles. The number of hydrogen-bond acceptors (Lipinski definition) is 5. The van der Waals surface area contributed by atoms with Gasteiger partial charge >= 0.3 is 5.97 Å². The van der Waals surface area contributed by atoms with Gasteiger partial charge in [-0.05, 0) is 24.3 Å². The van der Waals surface area contributed by atoms with Crippen molar-refractivity contribution in [1.82, 2.24) is 5.32 Å². The molecule has 2 aromatic rings. The first-order chi connectivity index (χ1) is 11.7. The van der Waals surface area contributed by atoms with Crippen molar-refractivity contribution in [2.24, 2.45) is 0 Å². The van der Waals surface area contributed by atoms with Crippen molar-refractivity contribution < 1.29 is 14.3 Å². The van der Waals surface area contributed by atoms with Gasteiger partial charge in [0, 0.05) is 16.3 Å². The first-order valence-electron chi connectivity index (χ1n) is 7.26. The highest BCUT2D eigenvalue weighted by Gasteiger charge is 2.13. The van der Waals surface area contributed by atoms with Crippen molar-refractivity contribution in [3.63, 3.8) is 0 Å². The number of carbonyl (C=O) groups excluding carboxylic acids is 2. The number of nitrogens with one attached hydrogen (secondary N) is 1. The Morgan fingerprint density at radius 1 is 1.12 bits per heavy atom. The number of nitrogens with zero attached hydrogens (tertiary/aromatic N) is 1. The van der Waals surface area contributed by atoms with Gasteiger partial charge in [-0.3, -0.25) is 9.59 Å². The van der Waals surface area contributed by atoms with E-state index in [1.54, 1.807) is 24.3 Å². The van der Waals surface area contributed by atoms with Crippen LogP contribution in [0.1, 0.15) is 22.3 Å². The third-order valence-electron chi connectivity index (χ3n) is 3.20. The van der Waals surface area contributed by atoms with Crippen LogP contribution in [0.15, 0.2) is 58.3 Å². The molecule has 1 amide bonds. The van der Waals surface area contributed by atoms with Gasteiger partial charge in [0.05, 0.1) is 24.7 Å². The van der Waals surface area contributed by atoms with E-state index in [4.69, 9.17) is 0 Å². The number of rotatable bonds is 6. The summed E-state index contributed by atoms with van der Waals surface area (Å²) in [5, 5.41) is 11.9. The minimum absolute atomic E-state index is 0.120. The van der Waals surface area contributed by atoms with Crippen LogP contribution in [-0.2, 0) is 9.53 Å². The molecule has 6 heteroatoms. The fraction of sp³-hybridized carbons (Fsp3) is 0.167. The number of amides is 1. The van der Waals surface area contributed by atoms with Crippen LogP contribution < -0.4 is 5.32 Å². The predicted molar refractivity (Wildman–Crippen MR) is 90.7 cm³/mol. The predicted octanol–water partition coefficient (Wildman–Crippen LogP) is 3.00. The Kier molecular flexibility index (Phi) is 6.41. The van der Waals surface area contributed by atoms with Crippen LogP contribution >= 0.6 is 11.8 Å². The molecule has 0 saturated carbocycles. The van der Waals surface area contributed by atoms with Gasteiger partial charge in [-0.2, -0.15) is 5.26 Å². The fourth-order valence-electron chi connectivity index (χ4n) is 1.99. The first kappa shape index (κ1) is 17.6. The normalized spacial score (nSPS) is 9.83. The van der Waals surface area contributed by atoms with Gasteiger partial charge in [-0.15, -0.1) is 0 Å². The van der Waals surface area contributed by atoms with Crippen LogP contribution in [0.2, 0.25) is 0 Å². The lowest BCUT2D eigenvalue weighted by Crippen LogP contribution is -2.26. The lowest BCUT2D eigenvalue weighted by Gasteiger charge is -2.10. The number of esters is 1. The fourth-order valence-corrected chi connectivity index (χ4v) is 3.01. The molecule has 0 fully saturated rings. The summed E-state index contributed by atoms with van der Waals surface area (Å²) in [7, 11) is 1.31. The molecule has 122 valence electrons. The summed E-state index contributed by atoms with van der Waals surface area (Å²) in [6.45, 7) is 0.208. The topological polar surface area (TPSA) is 79.2 Å². The SMILES string of the molecule is COC(=O)CCNC(=O)c1ccccc1Sc1ccccc1C#N. The number of hydrogen-bond donors (Lipinski definition) is 1. The van der Waals surface area contributed by atoms with E-state index in [1.165, 1.54) is 18.9 Å². The maximum Gasteiger partial charge on any atom is 0.307 e. The second-order valence-corrected chi connectivity index (χ2v) is 5.87. The Morgan fingerprint density at radius 2 is 1.79 bits per heavy atom. The minimum atomic E-state index is -0.374. The third-order valence-corrected chi connectivity index (χ3v) is 4.35. The van der Waals surface area contributed by atoms with Crippen LogP contribution in [0, 0.1) is 11.3 Å². The Labute approximate surface area is 144 Å². The lowest BCUT2D eigenvalue weighted by atomic mass is 10.2. The van der Waals surface area contributed by atoms with Crippen molar-refractivity contribution in [3.05, 3.63) is 59.7 Å². The monoisotopic (exact) mass is 340 g/mol. The first-order valence-corrected chi connectivity index (χ1v) is 8.08. The highest BCUT2D eigenvalue weighted by atomic mass is 32.2. The van der Waals surface area contributed by atoms with Gasteiger partial charge in [0.1, 0.15) is 6.07 Å². The van der Waals surface area contributed by atoms with E-state index in [0.717, 1.165) is 9.79 Å². The van der Waals surface area contributed by atoms with E-state index in [0.29, 0.717) is 11.1 Å². The second-order valence-electron chi connectivity index (χ2n) is 4.79. The van der Waals surface area contributed by atoms with E-state index in [9.17, 15) is 14.9 Å². The average molecular weight is 340 g/mol. The molecule has 0 unspecified atom stereocenters. The Bertz CT molecular complexity index is 784. The Hall–Kier alpha value is -2.78. The van der Waals surface area contributed by atoms with Crippen molar-refractivity contribution >= 4 is 23.6 Å². The number of nitriles is 1. The molecular weight excluding hydrogens is 324 g/mol. The molecule has 0 atom stereocenters. The highest BCUT2D eigenvalue weighted by Crippen LogP contribution is 2.32. The molecule has 0 bridgehead atoms. The van der Waals surface area contributed by atoms with Gasteiger partial charge in [0.25, 0.3) is 5.91 Å². The number of benzene rings is 2. The van der Waals surface area contributed by atoms with Gasteiger partial charge in [0.2, 0.25) is 0 Å². The molecule has 24 heavy (non-hydrogen) atoms. The summed E-state index contributed by atoms with van der Waals surface area (Å²) in [6, 6.07) is 16.5. The zero-order chi connectivity index (χ0) is 17.4. The van der Waals surface area contributed by atoms with Crippen LogP contribution in [0.3, 0.4) is 0 Å². The molecule has 0 spiro atoms. The van der Waals surface area contributed by atoms with Gasteiger partial charge < -0.3 is 10.1 Å². The molecule has 2 rings (SSSR count). The maximum atomic E-state index is 12.3. The summed E-state index contributed by atoms with van der Waals surface area (Å²) in [4.78, 5) is 25.0. The number of methoxy groups -OCH3 is 1. The lowest BCUT2D eigenvalue weighted by molar-refractivity contribution is -0.140. The smallest absolute Gasteiger partial charge is 0.307 e. The van der Waals surface area contributed by atoms with Crippen molar-refractivity contribution in [1.29, 1.82) is 5.26 Å². The summed E-state index contributed by atoms with van der Waals surface area (Å²) in [5.41, 5.74) is 1.06.